The normalized spacial score (nSPS) is 9.94. The SMILES string of the molecule is C#CCCCCNc1cnn(CC)c(=O)c1Cl. The zero-order chi connectivity index (χ0) is 12.7. The molecular formula is C12H16ClN3O. The van der Waals surface area contributed by atoms with Gasteiger partial charge in [-0.2, -0.15) is 5.10 Å². The Bertz CT molecular complexity index is 462. The highest BCUT2D eigenvalue weighted by Gasteiger charge is 2.07. The molecule has 0 aromatic carbocycles. The maximum Gasteiger partial charge on any atom is 0.287 e. The minimum Gasteiger partial charge on any atom is -0.382 e. The monoisotopic (exact) mass is 253 g/mol. The summed E-state index contributed by atoms with van der Waals surface area (Å²) in [6.45, 7) is 3.09. The summed E-state index contributed by atoms with van der Waals surface area (Å²) in [4.78, 5) is 11.7. The number of terminal acetylenes is 1. The molecule has 4 nitrogen and oxygen atoms in total. The standard InChI is InChI=1S/C12H16ClN3O/c1-3-5-6-7-8-14-10-9-15-16(4-2)12(17)11(10)13/h1,9,14H,4-8H2,2H3. The van der Waals surface area contributed by atoms with Gasteiger partial charge in [-0.1, -0.05) is 11.6 Å². The number of halogens is 1. The average molecular weight is 254 g/mol. The van der Waals surface area contributed by atoms with Crippen molar-refractivity contribution in [3.8, 4) is 12.3 Å². The Morgan fingerprint density at radius 3 is 3.00 bits per heavy atom. The van der Waals surface area contributed by atoms with Crippen LogP contribution in [-0.4, -0.2) is 16.3 Å². The number of hydrogen-bond acceptors (Lipinski definition) is 3. The van der Waals surface area contributed by atoms with Crippen molar-refractivity contribution in [1.82, 2.24) is 9.78 Å². The van der Waals surface area contributed by atoms with Gasteiger partial charge in [0, 0.05) is 19.5 Å². The quantitative estimate of drug-likeness (QED) is 0.624. The molecule has 1 N–H and O–H groups in total. The molecule has 0 aliphatic heterocycles. The van der Waals surface area contributed by atoms with Crippen molar-refractivity contribution >= 4 is 17.3 Å². The summed E-state index contributed by atoms with van der Waals surface area (Å²) in [5, 5.41) is 7.28. The highest BCUT2D eigenvalue weighted by Crippen LogP contribution is 2.15. The second-order valence-corrected chi connectivity index (χ2v) is 3.96. The van der Waals surface area contributed by atoms with Gasteiger partial charge in [-0.3, -0.25) is 4.79 Å². The molecule has 0 amide bonds. The molecule has 92 valence electrons. The van der Waals surface area contributed by atoms with E-state index >= 15 is 0 Å². The largest absolute Gasteiger partial charge is 0.382 e. The number of nitrogens with one attached hydrogen (secondary N) is 1. The van der Waals surface area contributed by atoms with E-state index in [0.29, 0.717) is 12.2 Å². The Morgan fingerprint density at radius 1 is 1.59 bits per heavy atom. The Balaban J connectivity index is 2.58. The van der Waals surface area contributed by atoms with Crippen LogP contribution in [0.5, 0.6) is 0 Å². The summed E-state index contributed by atoms with van der Waals surface area (Å²) < 4.78 is 1.33. The third-order valence-corrected chi connectivity index (χ3v) is 2.71. The van der Waals surface area contributed by atoms with E-state index < -0.39 is 0 Å². The zero-order valence-electron chi connectivity index (χ0n) is 9.87. The predicted octanol–water partition coefficient (Wildman–Crippen LogP) is 2.13. The van der Waals surface area contributed by atoms with Crippen LogP contribution in [-0.2, 0) is 6.54 Å². The van der Waals surface area contributed by atoms with Gasteiger partial charge in [0.2, 0.25) is 0 Å². The fourth-order valence-electron chi connectivity index (χ4n) is 1.39. The number of aromatic nitrogens is 2. The molecule has 0 bridgehead atoms. The fraction of sp³-hybridized carbons (Fsp3) is 0.500. The van der Waals surface area contributed by atoms with Crippen LogP contribution in [0, 0.1) is 12.3 Å². The molecule has 17 heavy (non-hydrogen) atoms. The second kappa shape index (κ2) is 6.97. The molecule has 1 aromatic rings. The molecule has 0 saturated heterocycles. The van der Waals surface area contributed by atoms with Crippen LogP contribution in [0.25, 0.3) is 0 Å². The van der Waals surface area contributed by atoms with E-state index in [1.165, 1.54) is 4.68 Å². The van der Waals surface area contributed by atoms with E-state index in [1.54, 1.807) is 6.20 Å². The van der Waals surface area contributed by atoms with E-state index in [9.17, 15) is 4.79 Å². The third kappa shape index (κ3) is 3.79. The van der Waals surface area contributed by atoms with Gasteiger partial charge in [0.05, 0.1) is 11.9 Å². The number of hydrogen-bond donors (Lipinski definition) is 1. The molecule has 1 rings (SSSR count). The molecule has 1 heterocycles. The first-order chi connectivity index (χ1) is 8.20. The molecule has 0 aliphatic rings. The van der Waals surface area contributed by atoms with Crippen LogP contribution in [0.1, 0.15) is 26.2 Å². The Kier molecular flexibility index (Phi) is 5.58. The van der Waals surface area contributed by atoms with Crippen LogP contribution in [0.2, 0.25) is 5.02 Å². The van der Waals surface area contributed by atoms with Gasteiger partial charge < -0.3 is 5.32 Å². The first-order valence-corrected chi connectivity index (χ1v) is 6.01. The van der Waals surface area contributed by atoms with Gasteiger partial charge in [0.15, 0.2) is 0 Å². The molecule has 0 spiro atoms. The van der Waals surface area contributed by atoms with Gasteiger partial charge in [-0.25, -0.2) is 4.68 Å². The van der Waals surface area contributed by atoms with Crippen molar-refractivity contribution in [2.75, 3.05) is 11.9 Å². The van der Waals surface area contributed by atoms with Gasteiger partial charge >= 0.3 is 0 Å². The molecule has 0 aliphatic carbocycles. The van der Waals surface area contributed by atoms with Gasteiger partial charge in [-0.05, 0) is 19.8 Å². The van der Waals surface area contributed by atoms with E-state index in [1.807, 2.05) is 6.92 Å². The van der Waals surface area contributed by atoms with E-state index in [-0.39, 0.29) is 10.6 Å². The maximum absolute atomic E-state index is 11.7. The van der Waals surface area contributed by atoms with Crippen molar-refractivity contribution in [3.05, 3.63) is 21.6 Å². The van der Waals surface area contributed by atoms with Crippen molar-refractivity contribution in [2.45, 2.75) is 32.7 Å². The van der Waals surface area contributed by atoms with Crippen LogP contribution < -0.4 is 10.9 Å². The van der Waals surface area contributed by atoms with E-state index in [0.717, 1.165) is 25.8 Å². The number of aryl methyl sites for hydroxylation is 1. The first-order valence-electron chi connectivity index (χ1n) is 5.63. The molecule has 0 fully saturated rings. The Labute approximate surface area is 106 Å². The topological polar surface area (TPSA) is 46.9 Å². The summed E-state index contributed by atoms with van der Waals surface area (Å²) in [6.07, 6.45) is 9.40. The highest BCUT2D eigenvalue weighted by molar-refractivity contribution is 6.32. The number of rotatable bonds is 6. The lowest BCUT2D eigenvalue weighted by atomic mass is 10.2. The summed E-state index contributed by atoms with van der Waals surface area (Å²) in [7, 11) is 0. The highest BCUT2D eigenvalue weighted by atomic mass is 35.5. The molecule has 0 atom stereocenters. The zero-order valence-corrected chi connectivity index (χ0v) is 10.6. The second-order valence-electron chi connectivity index (χ2n) is 3.58. The molecule has 0 radical (unpaired) electrons. The minimum absolute atomic E-state index is 0.193. The van der Waals surface area contributed by atoms with Crippen LogP contribution in [0.4, 0.5) is 5.69 Å². The minimum atomic E-state index is -0.261. The lowest BCUT2D eigenvalue weighted by Crippen LogP contribution is -2.23. The number of nitrogens with zero attached hydrogens (tertiary/aromatic N) is 2. The third-order valence-electron chi connectivity index (χ3n) is 2.35. The van der Waals surface area contributed by atoms with E-state index in [4.69, 9.17) is 18.0 Å². The van der Waals surface area contributed by atoms with E-state index in [2.05, 4.69) is 16.3 Å². The summed E-state index contributed by atoms with van der Waals surface area (Å²) in [5.74, 6) is 2.58. The van der Waals surface area contributed by atoms with Crippen molar-refractivity contribution < 1.29 is 0 Å². The van der Waals surface area contributed by atoms with Crippen molar-refractivity contribution in [1.29, 1.82) is 0 Å². The molecular weight excluding hydrogens is 238 g/mol. The van der Waals surface area contributed by atoms with Gasteiger partial charge in [0.1, 0.15) is 5.02 Å². The van der Waals surface area contributed by atoms with Crippen molar-refractivity contribution in [3.63, 3.8) is 0 Å². The summed E-state index contributed by atoms with van der Waals surface area (Å²) in [6, 6.07) is 0. The van der Waals surface area contributed by atoms with Crippen LogP contribution >= 0.6 is 11.6 Å². The lowest BCUT2D eigenvalue weighted by Gasteiger charge is -2.08. The van der Waals surface area contributed by atoms with Crippen LogP contribution in [0.15, 0.2) is 11.0 Å². The molecule has 0 saturated carbocycles. The smallest absolute Gasteiger partial charge is 0.287 e. The number of unbranched alkanes of at least 4 members (excludes halogenated alkanes) is 2. The molecule has 5 heteroatoms. The summed E-state index contributed by atoms with van der Waals surface area (Å²) in [5.41, 5.74) is 0.324. The van der Waals surface area contributed by atoms with Crippen molar-refractivity contribution in [2.24, 2.45) is 0 Å². The maximum atomic E-state index is 11.7. The van der Waals surface area contributed by atoms with Gasteiger partial charge in [0.25, 0.3) is 5.56 Å². The first kappa shape index (κ1) is 13.6. The average Bonchev–Trinajstić information content (AvgIpc) is 2.34. The Hall–Kier alpha value is -1.47. The molecule has 0 unspecified atom stereocenters. The molecule has 1 aromatic heterocycles. The summed E-state index contributed by atoms with van der Waals surface area (Å²) >= 11 is 5.95. The fourth-order valence-corrected chi connectivity index (χ4v) is 1.60. The lowest BCUT2D eigenvalue weighted by molar-refractivity contribution is 0.616. The number of anilines is 1. The predicted molar refractivity (Wildman–Crippen MR) is 70.4 cm³/mol. The Morgan fingerprint density at radius 2 is 2.35 bits per heavy atom. The van der Waals surface area contributed by atoms with Gasteiger partial charge in [-0.15, -0.1) is 12.3 Å². The van der Waals surface area contributed by atoms with Crippen LogP contribution in [0.3, 0.4) is 0 Å².